The van der Waals surface area contributed by atoms with Crippen molar-refractivity contribution in [1.29, 1.82) is 0 Å². The van der Waals surface area contributed by atoms with Crippen LogP contribution in [0.5, 0.6) is 5.75 Å². The molecular formula is C35H43ClF5N3O3. The van der Waals surface area contributed by atoms with Crippen LogP contribution in [0.15, 0.2) is 48.1 Å². The maximum Gasteiger partial charge on any atom is 0.416 e. The highest BCUT2D eigenvalue weighted by Gasteiger charge is 2.58. The number of piperidine rings is 1. The lowest BCUT2D eigenvalue weighted by Crippen LogP contribution is -2.53. The Bertz CT molecular complexity index is 1360. The number of alkyl halides is 5. The predicted molar refractivity (Wildman–Crippen MR) is 169 cm³/mol. The van der Waals surface area contributed by atoms with Gasteiger partial charge >= 0.3 is 6.18 Å². The van der Waals surface area contributed by atoms with Crippen LogP contribution in [0.1, 0.15) is 56.4 Å². The van der Waals surface area contributed by atoms with E-state index in [4.69, 9.17) is 16.3 Å². The van der Waals surface area contributed by atoms with Gasteiger partial charge in [-0.15, -0.1) is 0 Å². The van der Waals surface area contributed by atoms with Gasteiger partial charge < -0.3 is 9.64 Å². The van der Waals surface area contributed by atoms with Crippen LogP contribution in [-0.2, 0) is 9.59 Å². The van der Waals surface area contributed by atoms with Gasteiger partial charge in [0.2, 0.25) is 10.9 Å². The molecule has 2 aliphatic carbocycles. The van der Waals surface area contributed by atoms with Crippen LogP contribution in [0, 0.1) is 17.8 Å². The average molecular weight is 684 g/mol. The van der Waals surface area contributed by atoms with Gasteiger partial charge in [-0.1, -0.05) is 43.2 Å². The molecule has 12 heteroatoms. The molecule has 6 rings (SSSR count). The van der Waals surface area contributed by atoms with Crippen LogP contribution < -0.4 is 4.74 Å². The number of likely N-dealkylation sites (tertiary alicyclic amines) is 3. The fourth-order valence-electron chi connectivity index (χ4n) is 8.76. The summed E-state index contributed by atoms with van der Waals surface area (Å²) in [5.41, 5.74) is -2.38. The number of carbonyl (C=O) groups excluding carboxylic acids is 2. The molecule has 6 nitrogen and oxygen atoms in total. The van der Waals surface area contributed by atoms with Gasteiger partial charge in [-0.3, -0.25) is 19.4 Å². The molecule has 258 valence electrons. The molecule has 4 fully saturated rings. The van der Waals surface area contributed by atoms with Crippen molar-refractivity contribution in [2.24, 2.45) is 17.8 Å². The second-order valence-corrected chi connectivity index (χ2v) is 14.4. The lowest BCUT2D eigenvalue weighted by atomic mass is 9.78. The fourth-order valence-corrected chi connectivity index (χ4v) is 8.98. The zero-order chi connectivity index (χ0) is 33.5. The Morgan fingerprint density at radius 3 is 2.30 bits per heavy atom. The first-order valence-corrected chi connectivity index (χ1v) is 17.1. The Balaban J connectivity index is 1.26. The van der Waals surface area contributed by atoms with Gasteiger partial charge in [-0.25, -0.2) is 8.78 Å². The third kappa shape index (κ3) is 6.86. The molecule has 0 spiro atoms. The minimum absolute atomic E-state index is 0.0508. The highest BCUT2D eigenvalue weighted by molar-refractivity contribution is 6.64. The molecule has 5 aliphatic rings. The molecule has 1 aromatic rings. The molecule has 6 atom stereocenters. The first kappa shape index (κ1) is 34.4. The van der Waals surface area contributed by atoms with Crippen LogP contribution in [0.4, 0.5) is 22.0 Å². The second-order valence-electron chi connectivity index (χ2n) is 14.0. The average Bonchev–Trinajstić information content (AvgIpc) is 3.83. The lowest BCUT2D eigenvalue weighted by molar-refractivity contribution is -0.145. The Kier molecular flexibility index (Phi) is 10.1. The van der Waals surface area contributed by atoms with Crippen molar-refractivity contribution in [2.75, 3.05) is 46.5 Å². The summed E-state index contributed by atoms with van der Waals surface area (Å²) in [6.45, 7) is 0.244. The quantitative estimate of drug-likeness (QED) is 0.233. The topological polar surface area (TPSA) is 53.1 Å². The monoisotopic (exact) mass is 683 g/mol. The summed E-state index contributed by atoms with van der Waals surface area (Å²) in [5, 5.41) is -0.446. The van der Waals surface area contributed by atoms with E-state index in [1.807, 2.05) is 4.90 Å². The van der Waals surface area contributed by atoms with Gasteiger partial charge in [0.05, 0.1) is 18.7 Å². The summed E-state index contributed by atoms with van der Waals surface area (Å²) >= 11 is 5.72. The van der Waals surface area contributed by atoms with Crippen LogP contribution in [0.2, 0.25) is 0 Å². The van der Waals surface area contributed by atoms with E-state index >= 15 is 4.39 Å². The van der Waals surface area contributed by atoms with Gasteiger partial charge in [-0.2, -0.15) is 13.2 Å². The first-order chi connectivity index (χ1) is 22.4. The van der Waals surface area contributed by atoms with Crippen LogP contribution in [0.3, 0.4) is 0 Å². The number of hydrogen-bond donors (Lipinski definition) is 0. The van der Waals surface area contributed by atoms with Gasteiger partial charge in [0, 0.05) is 49.5 Å². The van der Waals surface area contributed by atoms with E-state index in [1.54, 1.807) is 31.4 Å². The minimum Gasteiger partial charge on any atom is -0.497 e. The molecular weight excluding hydrogens is 641 g/mol. The van der Waals surface area contributed by atoms with Crippen molar-refractivity contribution in [1.82, 2.24) is 14.7 Å². The smallest absolute Gasteiger partial charge is 0.416 e. The van der Waals surface area contributed by atoms with Crippen molar-refractivity contribution in [3.8, 4) is 5.75 Å². The third-order valence-electron chi connectivity index (χ3n) is 11.4. The number of amides is 1. The molecule has 0 N–H and O–H groups in total. The fraction of sp³-hybridized carbons (Fsp3) is 0.657. The maximum absolute atomic E-state index is 17.5. The lowest BCUT2D eigenvalue weighted by Gasteiger charge is -2.42. The van der Waals surface area contributed by atoms with Gasteiger partial charge in [0.15, 0.2) is 0 Å². The summed E-state index contributed by atoms with van der Waals surface area (Å²) in [6.07, 6.45) is 4.34. The standard InChI is InChI=1S/C35H43ClF5N3O3/c1-47-28-9-6-22(7-10-28)30-20-43(26-4-2-3-5-26)21-34(30,38)33(46)44-19-24(16-27(44)18-37)29-11-8-25(35(39,40)41)17-31(29)42-14-12-23(13-15-42)32(36)45/h6-11,17,23-24,26-27,29-31H,2-5,12-16,18-21H2,1H3/t24-,27+,29?,30+,31?,34+/m1/s1. The van der Waals surface area contributed by atoms with Crippen LogP contribution in [0.25, 0.3) is 0 Å². The number of hydrogen-bond acceptors (Lipinski definition) is 5. The van der Waals surface area contributed by atoms with E-state index in [1.165, 1.54) is 17.1 Å². The van der Waals surface area contributed by atoms with Crippen molar-refractivity contribution in [3.05, 3.63) is 53.6 Å². The van der Waals surface area contributed by atoms with E-state index in [0.717, 1.165) is 31.8 Å². The van der Waals surface area contributed by atoms with Crippen molar-refractivity contribution in [3.63, 3.8) is 0 Å². The number of halogens is 6. The summed E-state index contributed by atoms with van der Waals surface area (Å²) < 4.78 is 79.1. The highest BCUT2D eigenvalue weighted by atomic mass is 35.5. The predicted octanol–water partition coefficient (Wildman–Crippen LogP) is 6.45. The Labute approximate surface area is 277 Å². The number of ether oxygens (including phenoxy) is 1. The zero-order valence-corrected chi connectivity index (χ0v) is 27.4. The van der Waals surface area contributed by atoms with Crippen LogP contribution in [-0.4, -0.2) is 102 Å². The van der Waals surface area contributed by atoms with Gasteiger partial charge in [0.25, 0.3) is 5.91 Å². The number of carbonyl (C=O) groups is 2. The SMILES string of the molecule is COc1ccc([C@@H]2CN(C3CCCC3)C[C@@]2(F)C(=O)N2C[C@H](C3C=CC(C(F)(F)F)=CC3N3CCC(C(=O)Cl)CC3)C[C@H]2CF)cc1. The molecule has 0 radical (unpaired) electrons. The molecule has 2 unspecified atom stereocenters. The summed E-state index contributed by atoms with van der Waals surface area (Å²) in [4.78, 5) is 31.5. The number of nitrogens with zero attached hydrogens (tertiary/aromatic N) is 3. The Morgan fingerprint density at radius 2 is 1.70 bits per heavy atom. The maximum atomic E-state index is 17.5. The van der Waals surface area contributed by atoms with E-state index in [0.29, 0.717) is 43.8 Å². The molecule has 1 aromatic carbocycles. The van der Waals surface area contributed by atoms with E-state index in [-0.39, 0.29) is 37.4 Å². The molecule has 47 heavy (non-hydrogen) atoms. The van der Waals surface area contributed by atoms with E-state index in [9.17, 15) is 27.2 Å². The van der Waals surface area contributed by atoms with Crippen molar-refractivity contribution >= 4 is 22.8 Å². The molecule has 3 aliphatic heterocycles. The molecule has 3 heterocycles. The summed E-state index contributed by atoms with van der Waals surface area (Å²) in [7, 11) is 1.55. The van der Waals surface area contributed by atoms with Gasteiger partial charge in [-0.05, 0) is 80.4 Å². The minimum atomic E-state index is -4.55. The van der Waals surface area contributed by atoms with E-state index < -0.39 is 59.2 Å². The van der Waals surface area contributed by atoms with E-state index in [2.05, 4.69) is 4.90 Å². The summed E-state index contributed by atoms with van der Waals surface area (Å²) in [5.74, 6) is -2.06. The normalized spacial score (nSPS) is 33.0. The number of allylic oxidation sites excluding steroid dienone is 2. The molecule has 1 saturated carbocycles. The van der Waals surface area contributed by atoms with Crippen molar-refractivity contribution < 1.29 is 36.3 Å². The second kappa shape index (κ2) is 13.8. The number of benzene rings is 1. The number of rotatable bonds is 8. The Morgan fingerprint density at radius 1 is 1.02 bits per heavy atom. The molecule has 3 saturated heterocycles. The van der Waals surface area contributed by atoms with Crippen LogP contribution >= 0.6 is 11.6 Å². The van der Waals surface area contributed by atoms with Gasteiger partial charge in [0.1, 0.15) is 12.4 Å². The molecule has 0 aromatic heterocycles. The third-order valence-corrected chi connectivity index (χ3v) is 11.7. The zero-order valence-electron chi connectivity index (χ0n) is 26.6. The first-order valence-electron chi connectivity index (χ1n) is 16.8. The molecule has 0 bridgehead atoms. The summed E-state index contributed by atoms with van der Waals surface area (Å²) in [6, 6.07) is 5.71. The molecule has 1 amide bonds. The number of methoxy groups -OCH3 is 1. The Hall–Kier alpha value is -2.50. The highest BCUT2D eigenvalue weighted by Crippen LogP contribution is 2.46. The van der Waals surface area contributed by atoms with Crippen molar-refractivity contribution in [2.45, 2.75) is 80.8 Å². The largest absolute Gasteiger partial charge is 0.497 e.